The third kappa shape index (κ3) is 4.65. The quantitative estimate of drug-likeness (QED) is 0.308. The molecule has 2 aromatic heterocycles. The zero-order valence-corrected chi connectivity index (χ0v) is 19.4. The van der Waals surface area contributed by atoms with Gasteiger partial charge in [-0.2, -0.15) is 0 Å². The number of nitrogens with zero attached hydrogens (tertiary/aromatic N) is 3. The molecule has 0 aliphatic carbocycles. The fraction of sp³-hybridized carbons (Fsp3) is 0.0741. The van der Waals surface area contributed by atoms with E-state index in [4.69, 9.17) is 0 Å². The van der Waals surface area contributed by atoms with Gasteiger partial charge < -0.3 is 0 Å². The Bertz CT molecular complexity index is 1650. The van der Waals surface area contributed by atoms with Crippen LogP contribution >= 0.6 is 0 Å². The summed E-state index contributed by atoms with van der Waals surface area (Å²) in [6.07, 6.45) is 4.46. The lowest BCUT2D eigenvalue weighted by Crippen LogP contribution is -2.06. The topological polar surface area (TPSA) is 72.8 Å². The highest BCUT2D eigenvalue weighted by atomic mass is 32.2. The smallest absolute Gasteiger partial charge is 0.184 e. The normalized spacial score (nSPS) is 11.6. The summed E-state index contributed by atoms with van der Waals surface area (Å²) in [4.78, 5) is 12.6. The molecule has 5 aromatic rings. The van der Waals surface area contributed by atoms with E-state index in [1.165, 1.54) is 24.7 Å². The van der Waals surface area contributed by atoms with Gasteiger partial charge >= 0.3 is 0 Å². The first kappa shape index (κ1) is 22.7. The molecule has 0 spiro atoms. The van der Waals surface area contributed by atoms with Crippen LogP contribution in [0.15, 0.2) is 90.3 Å². The Morgan fingerprint density at radius 2 is 1.60 bits per heavy atom. The maximum atomic E-state index is 13.7. The largest absolute Gasteiger partial charge is 0.256 e. The van der Waals surface area contributed by atoms with Crippen molar-refractivity contribution in [3.8, 4) is 22.4 Å². The van der Waals surface area contributed by atoms with Crippen molar-refractivity contribution in [1.29, 1.82) is 0 Å². The van der Waals surface area contributed by atoms with Gasteiger partial charge in [-0.25, -0.2) is 27.2 Å². The summed E-state index contributed by atoms with van der Waals surface area (Å²) in [6, 6.07) is 17.2. The number of aromatic nitrogens is 3. The van der Waals surface area contributed by atoms with Gasteiger partial charge in [0.15, 0.2) is 9.84 Å². The number of rotatable bonds is 5. The SMILES string of the molecule is Cc1cc(-c2cc(F)cc(F)c2)ccc1-c1nccc2cc(S(=O)(=O)Cc3ccncn3)ccc12. The molecule has 0 aliphatic heterocycles. The van der Waals surface area contributed by atoms with Gasteiger partial charge in [0, 0.05) is 29.4 Å². The van der Waals surface area contributed by atoms with Crippen LogP contribution in [0.2, 0.25) is 0 Å². The average Bonchev–Trinajstić information content (AvgIpc) is 2.83. The number of halogens is 2. The van der Waals surface area contributed by atoms with E-state index in [1.54, 1.807) is 42.6 Å². The van der Waals surface area contributed by atoms with Crippen molar-refractivity contribution in [3.63, 3.8) is 0 Å². The van der Waals surface area contributed by atoms with Crippen molar-refractivity contribution in [3.05, 3.63) is 108 Å². The predicted molar refractivity (Wildman–Crippen MR) is 130 cm³/mol. The highest BCUT2D eigenvalue weighted by Gasteiger charge is 2.18. The first-order valence-corrected chi connectivity index (χ1v) is 12.4. The standard InChI is InChI=1S/C27H19F2N3O2S/c1-17-10-18(20-11-21(28)14-22(29)12-20)2-4-25(17)27-26-5-3-24(13-19(26)6-9-31-27)35(33,34)15-23-7-8-30-16-32-23/h2-14,16H,15H2,1H3. The van der Waals surface area contributed by atoms with E-state index in [0.29, 0.717) is 22.5 Å². The first-order chi connectivity index (χ1) is 16.8. The summed E-state index contributed by atoms with van der Waals surface area (Å²) in [5.74, 6) is -1.49. The van der Waals surface area contributed by atoms with Gasteiger partial charge in [-0.3, -0.25) is 4.98 Å². The molecule has 5 nitrogen and oxygen atoms in total. The number of fused-ring (bicyclic) bond motifs is 1. The highest BCUT2D eigenvalue weighted by molar-refractivity contribution is 7.90. The Kier molecular flexibility index (Phi) is 5.82. The highest BCUT2D eigenvalue weighted by Crippen LogP contribution is 2.33. The second-order valence-corrected chi connectivity index (χ2v) is 10.2. The molecular weight excluding hydrogens is 468 g/mol. The van der Waals surface area contributed by atoms with Gasteiger partial charge in [0.1, 0.15) is 18.0 Å². The summed E-state index contributed by atoms with van der Waals surface area (Å²) in [6.45, 7) is 1.90. The third-order valence-electron chi connectivity index (χ3n) is 5.75. The lowest BCUT2D eigenvalue weighted by atomic mass is 9.96. The van der Waals surface area contributed by atoms with E-state index < -0.39 is 21.5 Å². The molecule has 174 valence electrons. The van der Waals surface area contributed by atoms with Crippen LogP contribution in [-0.4, -0.2) is 23.4 Å². The molecule has 2 heterocycles. The van der Waals surface area contributed by atoms with Crippen LogP contribution in [0.1, 0.15) is 11.3 Å². The molecule has 0 saturated heterocycles. The predicted octanol–water partition coefficient (Wildman–Crippen LogP) is 5.92. The van der Waals surface area contributed by atoms with Crippen molar-refractivity contribution >= 4 is 20.6 Å². The minimum atomic E-state index is -3.61. The van der Waals surface area contributed by atoms with Crippen molar-refractivity contribution in [2.24, 2.45) is 0 Å². The van der Waals surface area contributed by atoms with E-state index >= 15 is 0 Å². The van der Waals surface area contributed by atoms with Gasteiger partial charge in [0.25, 0.3) is 0 Å². The summed E-state index contributed by atoms with van der Waals surface area (Å²) in [5.41, 5.74) is 3.95. The maximum Gasteiger partial charge on any atom is 0.184 e. The molecule has 8 heteroatoms. The zero-order chi connectivity index (χ0) is 24.6. The molecular formula is C27H19F2N3O2S. The van der Waals surface area contributed by atoms with Crippen LogP contribution in [0.25, 0.3) is 33.2 Å². The summed E-state index contributed by atoms with van der Waals surface area (Å²) >= 11 is 0. The molecule has 0 aliphatic rings. The van der Waals surface area contributed by atoms with E-state index in [1.807, 2.05) is 19.1 Å². The van der Waals surface area contributed by atoms with E-state index in [-0.39, 0.29) is 10.6 Å². The monoisotopic (exact) mass is 487 g/mol. The van der Waals surface area contributed by atoms with Crippen molar-refractivity contribution in [2.45, 2.75) is 17.6 Å². The molecule has 0 unspecified atom stereocenters. The minimum absolute atomic E-state index is 0.195. The Balaban J connectivity index is 1.53. The number of benzene rings is 3. The van der Waals surface area contributed by atoms with Crippen LogP contribution in [0.3, 0.4) is 0 Å². The number of hydrogen-bond acceptors (Lipinski definition) is 5. The van der Waals surface area contributed by atoms with Crippen molar-refractivity contribution < 1.29 is 17.2 Å². The average molecular weight is 488 g/mol. The van der Waals surface area contributed by atoms with Crippen LogP contribution in [0.4, 0.5) is 8.78 Å². The third-order valence-corrected chi connectivity index (χ3v) is 7.40. The Morgan fingerprint density at radius 3 is 2.31 bits per heavy atom. The van der Waals surface area contributed by atoms with Gasteiger partial charge in [-0.05, 0) is 65.4 Å². The van der Waals surface area contributed by atoms with Crippen molar-refractivity contribution in [1.82, 2.24) is 15.0 Å². The number of pyridine rings is 1. The van der Waals surface area contributed by atoms with Crippen LogP contribution < -0.4 is 0 Å². The lowest BCUT2D eigenvalue weighted by Gasteiger charge is -2.12. The number of sulfone groups is 1. The summed E-state index contributed by atoms with van der Waals surface area (Å²) < 4.78 is 53.2. The van der Waals surface area contributed by atoms with E-state index in [2.05, 4.69) is 15.0 Å². The van der Waals surface area contributed by atoms with E-state index in [9.17, 15) is 17.2 Å². The molecule has 0 N–H and O–H groups in total. The van der Waals surface area contributed by atoms with Gasteiger partial charge in [-0.1, -0.05) is 24.3 Å². The Hall–Kier alpha value is -4.04. The molecule has 0 saturated carbocycles. The maximum absolute atomic E-state index is 13.7. The summed E-state index contributed by atoms with van der Waals surface area (Å²) in [7, 11) is -3.61. The molecule has 0 bridgehead atoms. The molecule has 0 atom stereocenters. The Labute approximate surface area is 201 Å². The zero-order valence-electron chi connectivity index (χ0n) is 18.6. The molecule has 35 heavy (non-hydrogen) atoms. The number of hydrogen-bond donors (Lipinski definition) is 0. The van der Waals surface area contributed by atoms with Gasteiger partial charge in [-0.15, -0.1) is 0 Å². The second-order valence-electron chi connectivity index (χ2n) is 8.19. The Morgan fingerprint density at radius 1 is 0.800 bits per heavy atom. The summed E-state index contributed by atoms with van der Waals surface area (Å²) in [5, 5.41) is 1.52. The van der Waals surface area contributed by atoms with Gasteiger partial charge in [0.05, 0.1) is 22.0 Å². The van der Waals surface area contributed by atoms with E-state index in [0.717, 1.165) is 28.0 Å². The fourth-order valence-electron chi connectivity index (χ4n) is 4.08. The molecule has 5 rings (SSSR count). The number of aryl methyl sites for hydroxylation is 1. The minimum Gasteiger partial charge on any atom is -0.256 e. The second kappa shape index (κ2) is 8.96. The molecule has 3 aromatic carbocycles. The van der Waals surface area contributed by atoms with Crippen molar-refractivity contribution in [2.75, 3.05) is 0 Å². The molecule has 0 radical (unpaired) electrons. The molecule has 0 amide bonds. The van der Waals surface area contributed by atoms with Crippen LogP contribution in [0.5, 0.6) is 0 Å². The van der Waals surface area contributed by atoms with Crippen LogP contribution in [0, 0.1) is 18.6 Å². The molecule has 0 fully saturated rings. The van der Waals surface area contributed by atoms with Gasteiger partial charge in [0.2, 0.25) is 0 Å². The van der Waals surface area contributed by atoms with Crippen LogP contribution in [-0.2, 0) is 15.6 Å². The lowest BCUT2D eigenvalue weighted by molar-refractivity contribution is 0.584. The first-order valence-electron chi connectivity index (χ1n) is 10.7. The fourth-order valence-corrected chi connectivity index (χ4v) is 5.38.